The maximum Gasteiger partial charge on any atom is 0.307 e. The minimum Gasteiger partial charge on any atom is -0.481 e. The molecule has 3 atom stereocenters. The predicted molar refractivity (Wildman–Crippen MR) is 96.5 cm³/mol. The molecule has 0 saturated carbocycles. The lowest BCUT2D eigenvalue weighted by atomic mass is 9.82. The first-order valence-corrected chi connectivity index (χ1v) is 9.60. The number of thiophene rings is 1. The fourth-order valence-corrected chi connectivity index (χ4v) is 5.11. The van der Waals surface area contributed by atoms with E-state index >= 15 is 0 Å². The van der Waals surface area contributed by atoms with E-state index in [9.17, 15) is 20.0 Å². The van der Waals surface area contributed by atoms with Crippen LogP contribution in [0.25, 0.3) is 0 Å². The summed E-state index contributed by atoms with van der Waals surface area (Å²) in [6.07, 6.45) is 8.52. The Balaban J connectivity index is 1.82. The van der Waals surface area contributed by atoms with E-state index in [-0.39, 0.29) is 5.91 Å². The molecule has 5 nitrogen and oxygen atoms in total. The number of carboxylic acids is 1. The molecule has 6 heteroatoms. The third kappa shape index (κ3) is 3.47. The van der Waals surface area contributed by atoms with Crippen molar-refractivity contribution in [2.45, 2.75) is 45.4 Å². The Morgan fingerprint density at radius 1 is 1.36 bits per heavy atom. The molecule has 1 aromatic heterocycles. The van der Waals surface area contributed by atoms with Gasteiger partial charge >= 0.3 is 5.97 Å². The smallest absolute Gasteiger partial charge is 0.307 e. The summed E-state index contributed by atoms with van der Waals surface area (Å²) in [5.41, 5.74) is 1.65. The van der Waals surface area contributed by atoms with Crippen molar-refractivity contribution in [1.82, 2.24) is 0 Å². The van der Waals surface area contributed by atoms with E-state index in [0.717, 1.165) is 31.2 Å². The van der Waals surface area contributed by atoms with Crippen molar-refractivity contribution in [3.05, 3.63) is 28.2 Å². The number of nitrogens with one attached hydrogen (secondary N) is 1. The minimum absolute atomic E-state index is 0.293. The van der Waals surface area contributed by atoms with Crippen molar-refractivity contribution >= 4 is 28.2 Å². The van der Waals surface area contributed by atoms with Gasteiger partial charge in [-0.3, -0.25) is 9.59 Å². The average Bonchev–Trinajstić information content (AvgIpc) is 2.97. The maximum absolute atomic E-state index is 12.7. The number of amides is 1. The number of aliphatic carboxylic acids is 1. The number of nitrogens with zero attached hydrogens (tertiary/aromatic N) is 1. The van der Waals surface area contributed by atoms with Gasteiger partial charge in [0.25, 0.3) is 0 Å². The van der Waals surface area contributed by atoms with E-state index in [0.29, 0.717) is 29.3 Å². The molecule has 0 bridgehead atoms. The number of hydrogen-bond donors (Lipinski definition) is 2. The van der Waals surface area contributed by atoms with E-state index in [1.807, 2.05) is 12.2 Å². The Bertz CT molecular complexity index is 759. The molecule has 25 heavy (non-hydrogen) atoms. The summed E-state index contributed by atoms with van der Waals surface area (Å²) >= 11 is 1.49. The van der Waals surface area contributed by atoms with E-state index < -0.39 is 17.8 Å². The average molecular weight is 358 g/mol. The highest BCUT2D eigenvalue weighted by Gasteiger charge is 2.35. The topological polar surface area (TPSA) is 90.2 Å². The molecular weight excluding hydrogens is 336 g/mol. The van der Waals surface area contributed by atoms with Crippen molar-refractivity contribution in [3.8, 4) is 6.07 Å². The maximum atomic E-state index is 12.7. The number of rotatable bonds is 4. The quantitative estimate of drug-likeness (QED) is 0.802. The van der Waals surface area contributed by atoms with Gasteiger partial charge in [0, 0.05) is 4.88 Å². The fourth-order valence-electron chi connectivity index (χ4n) is 3.79. The third-order valence-corrected chi connectivity index (χ3v) is 6.55. The zero-order chi connectivity index (χ0) is 18.0. The number of carboxylic acid groups (broad SMARTS) is 1. The van der Waals surface area contributed by atoms with Gasteiger partial charge in [0.15, 0.2) is 0 Å². The van der Waals surface area contributed by atoms with Gasteiger partial charge in [-0.2, -0.15) is 5.26 Å². The van der Waals surface area contributed by atoms with Crippen LogP contribution in [0.3, 0.4) is 0 Å². The summed E-state index contributed by atoms with van der Waals surface area (Å²) in [7, 11) is 0. The number of hydrogen-bond acceptors (Lipinski definition) is 4. The molecule has 0 radical (unpaired) electrons. The van der Waals surface area contributed by atoms with E-state index in [1.165, 1.54) is 16.2 Å². The molecule has 0 saturated heterocycles. The number of allylic oxidation sites excluding steroid dienone is 2. The van der Waals surface area contributed by atoms with Crippen LogP contribution in [0.4, 0.5) is 5.00 Å². The van der Waals surface area contributed by atoms with Crippen LogP contribution in [0.1, 0.15) is 48.6 Å². The Hall–Kier alpha value is -2.13. The van der Waals surface area contributed by atoms with Crippen LogP contribution in [-0.4, -0.2) is 17.0 Å². The summed E-state index contributed by atoms with van der Waals surface area (Å²) in [5.74, 6) is -1.88. The number of anilines is 1. The van der Waals surface area contributed by atoms with Crippen molar-refractivity contribution in [3.63, 3.8) is 0 Å². The Kier molecular flexibility index (Phi) is 5.24. The van der Waals surface area contributed by atoms with E-state index in [2.05, 4.69) is 18.3 Å². The number of carbonyl (C=O) groups excluding carboxylic acids is 1. The predicted octanol–water partition coefficient (Wildman–Crippen LogP) is 3.74. The fraction of sp³-hybridized carbons (Fsp3) is 0.526. The molecule has 1 heterocycles. The second-order valence-electron chi connectivity index (χ2n) is 6.82. The molecule has 0 fully saturated rings. The van der Waals surface area contributed by atoms with Crippen LogP contribution < -0.4 is 5.32 Å². The lowest BCUT2D eigenvalue weighted by Crippen LogP contribution is -2.34. The zero-order valence-electron chi connectivity index (χ0n) is 14.2. The van der Waals surface area contributed by atoms with Crippen molar-refractivity contribution in [2.24, 2.45) is 17.8 Å². The highest BCUT2D eigenvalue weighted by Crippen LogP contribution is 2.40. The lowest BCUT2D eigenvalue weighted by Gasteiger charge is -2.23. The van der Waals surface area contributed by atoms with Crippen LogP contribution in [-0.2, 0) is 22.4 Å². The molecule has 1 aromatic rings. The summed E-state index contributed by atoms with van der Waals surface area (Å²) < 4.78 is 0. The molecule has 0 spiro atoms. The Labute approximate surface area is 151 Å². The van der Waals surface area contributed by atoms with Gasteiger partial charge in [-0.15, -0.1) is 11.3 Å². The summed E-state index contributed by atoms with van der Waals surface area (Å²) in [6.45, 7) is 2.18. The van der Waals surface area contributed by atoms with Gasteiger partial charge in [0.2, 0.25) is 5.91 Å². The van der Waals surface area contributed by atoms with Crippen molar-refractivity contribution in [1.29, 1.82) is 5.26 Å². The first kappa shape index (κ1) is 17.7. The number of carbonyl (C=O) groups is 2. The number of nitriles is 1. The highest BCUT2D eigenvalue weighted by atomic mass is 32.1. The van der Waals surface area contributed by atoms with Gasteiger partial charge in [0.1, 0.15) is 11.1 Å². The third-order valence-electron chi connectivity index (χ3n) is 5.38. The monoisotopic (exact) mass is 358 g/mol. The molecule has 0 unspecified atom stereocenters. The molecule has 3 rings (SSSR count). The van der Waals surface area contributed by atoms with Gasteiger partial charge in [0.05, 0.1) is 17.4 Å². The normalized spacial score (nSPS) is 25.0. The van der Waals surface area contributed by atoms with Gasteiger partial charge < -0.3 is 10.4 Å². The van der Waals surface area contributed by atoms with Crippen molar-refractivity contribution < 1.29 is 14.7 Å². The van der Waals surface area contributed by atoms with Gasteiger partial charge in [-0.1, -0.05) is 25.5 Å². The van der Waals surface area contributed by atoms with Crippen LogP contribution in [0.15, 0.2) is 12.2 Å². The second kappa shape index (κ2) is 7.40. The number of fused-ring (bicyclic) bond motifs is 1. The summed E-state index contributed by atoms with van der Waals surface area (Å²) in [6, 6.07) is 2.24. The minimum atomic E-state index is -0.943. The van der Waals surface area contributed by atoms with Crippen LogP contribution in [0.5, 0.6) is 0 Å². The van der Waals surface area contributed by atoms with E-state index in [1.54, 1.807) is 0 Å². The molecular formula is C19H22N2O3S. The lowest BCUT2D eigenvalue weighted by molar-refractivity contribution is -0.146. The molecule has 2 aliphatic carbocycles. The standard InChI is InChI=1S/C19H22N2O3S/c1-2-11-7-8-12-15(10-20)18(25-16(12)9-11)21-17(22)13-5-3-4-6-14(13)19(23)24/h3-4,11,13-14H,2,5-9H2,1H3,(H,21,22)(H,23,24)/t11-,13+,14-/m1/s1. The van der Waals surface area contributed by atoms with Crippen LogP contribution in [0.2, 0.25) is 0 Å². The summed E-state index contributed by atoms with van der Waals surface area (Å²) in [4.78, 5) is 25.3. The van der Waals surface area contributed by atoms with Crippen LogP contribution >= 0.6 is 11.3 Å². The van der Waals surface area contributed by atoms with E-state index in [4.69, 9.17) is 0 Å². The van der Waals surface area contributed by atoms with Gasteiger partial charge in [-0.05, 0) is 43.6 Å². The molecule has 132 valence electrons. The SMILES string of the molecule is CC[C@@H]1CCc2c(sc(NC(=O)[C@H]3CC=CC[C@H]3C(=O)O)c2C#N)C1. The molecule has 2 aliphatic rings. The largest absolute Gasteiger partial charge is 0.481 e. The van der Waals surface area contributed by atoms with Crippen LogP contribution in [0, 0.1) is 29.1 Å². The molecule has 2 N–H and O–H groups in total. The van der Waals surface area contributed by atoms with Gasteiger partial charge in [-0.25, -0.2) is 0 Å². The highest BCUT2D eigenvalue weighted by molar-refractivity contribution is 7.16. The Morgan fingerprint density at radius 3 is 2.72 bits per heavy atom. The summed E-state index contributed by atoms with van der Waals surface area (Å²) in [5, 5.41) is 22.4. The molecule has 0 aliphatic heterocycles. The molecule has 0 aromatic carbocycles. The molecule has 1 amide bonds. The van der Waals surface area contributed by atoms with Crippen molar-refractivity contribution in [2.75, 3.05) is 5.32 Å². The second-order valence-corrected chi connectivity index (χ2v) is 7.93. The zero-order valence-corrected chi connectivity index (χ0v) is 15.1. The first-order valence-electron chi connectivity index (χ1n) is 8.78. The first-order chi connectivity index (χ1) is 12.0. The Morgan fingerprint density at radius 2 is 2.08 bits per heavy atom.